The zero-order chi connectivity index (χ0) is 23.3. The van der Waals surface area contributed by atoms with Crippen LogP contribution in [0.2, 0.25) is 0 Å². The van der Waals surface area contributed by atoms with Crippen molar-refractivity contribution in [1.29, 1.82) is 0 Å². The first-order chi connectivity index (χ1) is 16.6. The zero-order valence-corrected chi connectivity index (χ0v) is 19.8. The van der Waals surface area contributed by atoms with Crippen LogP contribution in [0.5, 0.6) is 5.75 Å². The second-order valence-corrected chi connectivity index (χ2v) is 9.57. The van der Waals surface area contributed by atoms with E-state index in [4.69, 9.17) is 4.74 Å². The van der Waals surface area contributed by atoms with Crippen LogP contribution in [0.25, 0.3) is 0 Å². The molecule has 0 aliphatic carbocycles. The van der Waals surface area contributed by atoms with Gasteiger partial charge in [-0.05, 0) is 47.7 Å². The molecule has 180 valence electrons. The van der Waals surface area contributed by atoms with Crippen LogP contribution in [0.3, 0.4) is 0 Å². The minimum atomic E-state index is 0.0456. The molecule has 0 radical (unpaired) electrons. The van der Waals surface area contributed by atoms with Crippen LogP contribution in [0.1, 0.15) is 39.9 Å². The summed E-state index contributed by atoms with van der Waals surface area (Å²) in [6.45, 7) is 8.09. The summed E-state index contributed by atoms with van der Waals surface area (Å²) in [5.74, 6) is 1.19. The molecule has 1 N–H and O–H groups in total. The van der Waals surface area contributed by atoms with Gasteiger partial charge in [0, 0.05) is 64.3 Å². The molecular weight excluding hydrogens is 428 g/mol. The average molecular weight is 463 g/mol. The highest BCUT2D eigenvalue weighted by atomic mass is 16.5. The number of benzene rings is 2. The number of hydrogen-bond donors (Lipinski definition) is 1. The predicted octanol–water partition coefficient (Wildman–Crippen LogP) is 2.29. The maximum atomic E-state index is 12.5. The third kappa shape index (κ3) is 5.59. The van der Waals surface area contributed by atoms with Crippen molar-refractivity contribution in [3.8, 4) is 5.75 Å². The number of piperazine rings is 1. The van der Waals surface area contributed by atoms with Crippen molar-refractivity contribution < 1.29 is 14.3 Å². The van der Waals surface area contributed by atoms with Gasteiger partial charge in [-0.3, -0.25) is 19.4 Å². The van der Waals surface area contributed by atoms with Crippen molar-refractivity contribution in [2.75, 3.05) is 52.4 Å². The lowest BCUT2D eigenvalue weighted by Crippen LogP contribution is -2.49. The minimum Gasteiger partial charge on any atom is -0.493 e. The van der Waals surface area contributed by atoms with Crippen molar-refractivity contribution in [2.24, 2.45) is 0 Å². The van der Waals surface area contributed by atoms with Gasteiger partial charge in [-0.15, -0.1) is 0 Å². The summed E-state index contributed by atoms with van der Waals surface area (Å²) >= 11 is 0. The molecule has 0 unspecified atom stereocenters. The lowest BCUT2D eigenvalue weighted by atomic mass is 10.1. The van der Waals surface area contributed by atoms with E-state index >= 15 is 0 Å². The largest absolute Gasteiger partial charge is 0.493 e. The number of likely N-dealkylation sites (tertiary alicyclic amines) is 1. The molecule has 7 heteroatoms. The molecule has 2 aromatic carbocycles. The van der Waals surface area contributed by atoms with Crippen molar-refractivity contribution in [3.05, 3.63) is 64.7 Å². The summed E-state index contributed by atoms with van der Waals surface area (Å²) in [7, 11) is 0. The van der Waals surface area contributed by atoms with Gasteiger partial charge in [-0.25, -0.2) is 0 Å². The predicted molar refractivity (Wildman–Crippen MR) is 131 cm³/mol. The molecular formula is C27H34N4O3. The second kappa shape index (κ2) is 10.6. The number of hydrogen-bond acceptors (Lipinski definition) is 5. The minimum absolute atomic E-state index is 0.0456. The Bertz CT molecular complexity index is 1010. The Labute approximate surface area is 201 Å². The van der Waals surface area contributed by atoms with Gasteiger partial charge < -0.3 is 15.0 Å². The van der Waals surface area contributed by atoms with Crippen LogP contribution in [-0.4, -0.2) is 78.9 Å². The first-order valence-electron chi connectivity index (χ1n) is 12.5. The Balaban J connectivity index is 1.02. The van der Waals surface area contributed by atoms with Crippen LogP contribution in [-0.2, 0) is 24.3 Å². The second-order valence-electron chi connectivity index (χ2n) is 9.57. The van der Waals surface area contributed by atoms with Gasteiger partial charge in [0.2, 0.25) is 5.91 Å². The van der Waals surface area contributed by atoms with Gasteiger partial charge in [0.15, 0.2) is 0 Å². The summed E-state index contributed by atoms with van der Waals surface area (Å²) in [6.07, 6.45) is 3.19. The number of nitrogens with one attached hydrogen (secondary N) is 1. The number of amides is 2. The highest BCUT2D eigenvalue weighted by Crippen LogP contribution is 2.26. The topological polar surface area (TPSA) is 65.1 Å². The van der Waals surface area contributed by atoms with Crippen molar-refractivity contribution in [1.82, 2.24) is 20.0 Å². The molecule has 7 nitrogen and oxygen atoms in total. The van der Waals surface area contributed by atoms with Gasteiger partial charge in [0.1, 0.15) is 5.75 Å². The molecule has 2 saturated heterocycles. The standard InChI is InChI=1S/C27H34N4O3/c32-26(28-18-21-3-6-23(7-4-21)27(33)31-10-1-2-11-31)20-30-14-12-29(13-15-30)19-22-5-8-25-24(17-22)9-16-34-25/h3-8,17H,1-2,9-16,18-20H2,(H,28,32). The Kier molecular flexibility index (Phi) is 7.11. The van der Waals surface area contributed by atoms with Crippen LogP contribution in [0, 0.1) is 0 Å². The number of nitrogens with zero attached hydrogens (tertiary/aromatic N) is 3. The van der Waals surface area contributed by atoms with Gasteiger partial charge in [0.25, 0.3) is 5.91 Å². The summed E-state index contributed by atoms with van der Waals surface area (Å²) in [5, 5.41) is 3.02. The maximum absolute atomic E-state index is 12.5. The van der Waals surface area contributed by atoms with E-state index in [9.17, 15) is 9.59 Å². The summed E-state index contributed by atoms with van der Waals surface area (Å²) in [4.78, 5) is 31.5. The van der Waals surface area contributed by atoms with Gasteiger partial charge in [-0.2, -0.15) is 0 Å². The molecule has 3 aliphatic heterocycles. The van der Waals surface area contributed by atoms with Crippen LogP contribution < -0.4 is 10.1 Å². The molecule has 2 aromatic rings. The van der Waals surface area contributed by atoms with E-state index in [0.717, 1.165) is 88.6 Å². The average Bonchev–Trinajstić information content (AvgIpc) is 3.56. The molecule has 2 fully saturated rings. The maximum Gasteiger partial charge on any atom is 0.253 e. The number of rotatable bonds is 7. The van der Waals surface area contributed by atoms with Gasteiger partial charge in [-0.1, -0.05) is 24.3 Å². The summed E-state index contributed by atoms with van der Waals surface area (Å²) < 4.78 is 5.60. The van der Waals surface area contributed by atoms with E-state index < -0.39 is 0 Å². The molecule has 2 amide bonds. The molecule has 0 bridgehead atoms. The summed E-state index contributed by atoms with van der Waals surface area (Å²) in [5.41, 5.74) is 4.39. The number of carbonyl (C=O) groups is 2. The number of fused-ring (bicyclic) bond motifs is 1. The molecule has 0 aromatic heterocycles. The van der Waals surface area contributed by atoms with E-state index in [1.54, 1.807) is 0 Å². The normalized spacial score (nSPS) is 18.5. The highest BCUT2D eigenvalue weighted by Gasteiger charge is 2.21. The monoisotopic (exact) mass is 462 g/mol. The van der Waals surface area contributed by atoms with Crippen molar-refractivity contribution >= 4 is 11.8 Å². The Morgan fingerprint density at radius 1 is 0.853 bits per heavy atom. The molecule has 0 spiro atoms. The van der Waals surface area contributed by atoms with Crippen LogP contribution in [0.4, 0.5) is 0 Å². The Morgan fingerprint density at radius 3 is 2.32 bits per heavy atom. The number of carbonyl (C=O) groups excluding carboxylic acids is 2. The molecule has 0 atom stereocenters. The fraction of sp³-hybridized carbons (Fsp3) is 0.481. The highest BCUT2D eigenvalue weighted by molar-refractivity contribution is 5.94. The third-order valence-electron chi connectivity index (χ3n) is 7.08. The lowest BCUT2D eigenvalue weighted by molar-refractivity contribution is -0.122. The smallest absolute Gasteiger partial charge is 0.253 e. The first kappa shape index (κ1) is 22.9. The van der Waals surface area contributed by atoms with E-state index in [2.05, 4.69) is 33.3 Å². The molecule has 3 aliphatic rings. The van der Waals surface area contributed by atoms with Crippen LogP contribution in [0.15, 0.2) is 42.5 Å². The lowest BCUT2D eigenvalue weighted by Gasteiger charge is -2.34. The zero-order valence-electron chi connectivity index (χ0n) is 19.8. The van der Waals surface area contributed by atoms with E-state index in [1.165, 1.54) is 11.1 Å². The van der Waals surface area contributed by atoms with E-state index in [-0.39, 0.29) is 11.8 Å². The Morgan fingerprint density at radius 2 is 1.56 bits per heavy atom. The molecule has 3 heterocycles. The quantitative estimate of drug-likeness (QED) is 0.684. The molecule has 5 rings (SSSR count). The third-order valence-corrected chi connectivity index (χ3v) is 7.08. The Hall–Kier alpha value is -2.90. The van der Waals surface area contributed by atoms with E-state index in [1.807, 2.05) is 29.2 Å². The molecule has 34 heavy (non-hydrogen) atoms. The fourth-order valence-electron chi connectivity index (χ4n) is 5.03. The van der Waals surface area contributed by atoms with Crippen LogP contribution >= 0.6 is 0 Å². The van der Waals surface area contributed by atoms with Crippen molar-refractivity contribution in [2.45, 2.75) is 32.4 Å². The van der Waals surface area contributed by atoms with Crippen molar-refractivity contribution in [3.63, 3.8) is 0 Å². The van der Waals surface area contributed by atoms with Gasteiger partial charge >= 0.3 is 0 Å². The SMILES string of the molecule is O=C(CN1CCN(Cc2ccc3c(c2)CCO3)CC1)NCc1ccc(C(=O)N2CCCC2)cc1. The van der Waals surface area contributed by atoms with Gasteiger partial charge in [0.05, 0.1) is 13.2 Å². The number of ether oxygens (including phenoxy) is 1. The molecule has 0 saturated carbocycles. The fourth-order valence-corrected chi connectivity index (χ4v) is 5.03. The van der Waals surface area contributed by atoms with E-state index in [0.29, 0.717) is 13.1 Å². The first-order valence-corrected chi connectivity index (χ1v) is 12.5. The summed E-state index contributed by atoms with van der Waals surface area (Å²) in [6, 6.07) is 14.2.